The van der Waals surface area contributed by atoms with Crippen molar-refractivity contribution in [3.63, 3.8) is 0 Å². The highest BCUT2D eigenvalue weighted by atomic mass is 16.5. The number of Topliss-reactive ketones (excluding diaryl/α,β-unsaturated/α-hetero) is 1. The van der Waals surface area contributed by atoms with Gasteiger partial charge in [-0.1, -0.05) is 74.5 Å². The van der Waals surface area contributed by atoms with Crippen LogP contribution in [0.2, 0.25) is 0 Å². The van der Waals surface area contributed by atoms with Crippen LogP contribution in [0.25, 0.3) is 10.9 Å². The summed E-state index contributed by atoms with van der Waals surface area (Å²) >= 11 is 0. The lowest BCUT2D eigenvalue weighted by atomic mass is 9.94. The maximum atomic E-state index is 13.7. The van der Waals surface area contributed by atoms with Crippen LogP contribution in [-0.2, 0) is 6.42 Å². The number of hydrogen-bond acceptors (Lipinski definition) is 3. The third kappa shape index (κ3) is 4.61. The molecule has 0 spiro atoms. The van der Waals surface area contributed by atoms with E-state index < -0.39 is 6.04 Å². The van der Waals surface area contributed by atoms with E-state index in [9.17, 15) is 4.79 Å². The van der Waals surface area contributed by atoms with Gasteiger partial charge in [-0.25, -0.2) is 0 Å². The van der Waals surface area contributed by atoms with E-state index in [2.05, 4.69) is 42.3 Å². The lowest BCUT2D eigenvalue weighted by Gasteiger charge is -2.18. The number of rotatable bonds is 9. The largest absolute Gasteiger partial charge is 0.497 e. The van der Waals surface area contributed by atoms with Gasteiger partial charge in [0.25, 0.3) is 0 Å². The molecule has 4 heteroatoms. The summed E-state index contributed by atoms with van der Waals surface area (Å²) in [7, 11) is 1.67. The van der Waals surface area contributed by atoms with Crippen LogP contribution < -0.4 is 10.1 Å². The van der Waals surface area contributed by atoms with E-state index in [0.29, 0.717) is 12.5 Å². The van der Waals surface area contributed by atoms with Crippen molar-refractivity contribution in [2.24, 2.45) is 0 Å². The van der Waals surface area contributed by atoms with Gasteiger partial charge in [-0.05, 0) is 41.2 Å². The maximum absolute atomic E-state index is 13.7. The molecule has 0 amide bonds. The number of para-hydroxylation sites is 1. The molecule has 0 aliphatic heterocycles. The van der Waals surface area contributed by atoms with Gasteiger partial charge in [-0.15, -0.1) is 0 Å². The van der Waals surface area contributed by atoms with Crippen LogP contribution >= 0.6 is 0 Å². The van der Waals surface area contributed by atoms with Crippen LogP contribution in [0.4, 0.5) is 0 Å². The SMILES string of the molecule is COc1ccc(CCN[C@H](C(=O)c2c[nH]c3c(C(C)C)cccc23)c2ccccc2)cc1. The second-order valence-electron chi connectivity index (χ2n) is 8.39. The van der Waals surface area contributed by atoms with Gasteiger partial charge in [0, 0.05) is 29.2 Å². The summed E-state index contributed by atoms with van der Waals surface area (Å²) in [5.41, 5.74) is 5.18. The fourth-order valence-electron chi connectivity index (χ4n) is 4.18. The van der Waals surface area contributed by atoms with E-state index in [0.717, 1.165) is 34.2 Å². The number of carbonyl (C=O) groups is 1. The number of H-pyrrole nitrogens is 1. The fraction of sp³-hybridized carbons (Fsp3) is 0.250. The van der Waals surface area contributed by atoms with Gasteiger partial charge in [-0.2, -0.15) is 0 Å². The Morgan fingerprint density at radius 3 is 2.41 bits per heavy atom. The van der Waals surface area contributed by atoms with Crippen molar-refractivity contribution in [2.45, 2.75) is 32.2 Å². The van der Waals surface area contributed by atoms with Gasteiger partial charge < -0.3 is 15.0 Å². The van der Waals surface area contributed by atoms with Crippen molar-refractivity contribution in [1.29, 1.82) is 0 Å². The Morgan fingerprint density at radius 1 is 0.969 bits per heavy atom. The average molecular weight is 427 g/mol. The van der Waals surface area contributed by atoms with Gasteiger partial charge in [0.1, 0.15) is 5.75 Å². The fourth-order valence-corrected chi connectivity index (χ4v) is 4.18. The number of aromatic nitrogens is 1. The van der Waals surface area contributed by atoms with Crippen molar-refractivity contribution in [2.75, 3.05) is 13.7 Å². The third-order valence-electron chi connectivity index (χ3n) is 5.95. The number of ether oxygens (including phenoxy) is 1. The highest BCUT2D eigenvalue weighted by Gasteiger charge is 2.24. The zero-order valence-corrected chi connectivity index (χ0v) is 18.9. The molecule has 2 N–H and O–H groups in total. The molecule has 32 heavy (non-hydrogen) atoms. The van der Waals surface area contributed by atoms with Gasteiger partial charge in [0.05, 0.1) is 13.2 Å². The molecule has 164 valence electrons. The van der Waals surface area contributed by atoms with Crippen molar-refractivity contribution < 1.29 is 9.53 Å². The average Bonchev–Trinajstić information content (AvgIpc) is 3.26. The van der Waals surface area contributed by atoms with Crippen molar-refractivity contribution in [1.82, 2.24) is 10.3 Å². The second kappa shape index (κ2) is 9.84. The topological polar surface area (TPSA) is 54.1 Å². The molecule has 0 bridgehead atoms. The molecule has 1 atom stereocenters. The summed E-state index contributed by atoms with van der Waals surface area (Å²) in [6, 6.07) is 23.8. The van der Waals surface area contributed by atoms with Crippen LogP contribution in [0.3, 0.4) is 0 Å². The predicted molar refractivity (Wildman–Crippen MR) is 131 cm³/mol. The summed E-state index contributed by atoms with van der Waals surface area (Å²) in [6.45, 7) is 5.03. The standard InChI is InChI=1S/C28H30N2O2/c1-19(2)23-10-7-11-24-25(18-30-27(23)24)28(31)26(21-8-5-4-6-9-21)29-17-16-20-12-14-22(32-3)15-13-20/h4-15,18-19,26,29-30H,16-17H2,1-3H3/t26-/m0/s1. The quantitative estimate of drug-likeness (QED) is 0.320. The minimum absolute atomic E-state index is 0.0816. The summed E-state index contributed by atoms with van der Waals surface area (Å²) in [6.07, 6.45) is 2.69. The molecule has 0 aliphatic carbocycles. The van der Waals surface area contributed by atoms with E-state index in [1.54, 1.807) is 7.11 Å². The second-order valence-corrected chi connectivity index (χ2v) is 8.39. The van der Waals surface area contributed by atoms with Gasteiger partial charge >= 0.3 is 0 Å². The number of aromatic amines is 1. The molecule has 0 radical (unpaired) electrons. The first-order valence-electron chi connectivity index (χ1n) is 11.1. The smallest absolute Gasteiger partial charge is 0.186 e. The summed E-state index contributed by atoms with van der Waals surface area (Å²) in [5.74, 6) is 1.31. The molecule has 0 saturated carbocycles. The first kappa shape index (κ1) is 21.8. The minimum Gasteiger partial charge on any atom is -0.497 e. The van der Waals surface area contributed by atoms with E-state index in [-0.39, 0.29) is 5.78 Å². The van der Waals surface area contributed by atoms with Gasteiger partial charge in [0.15, 0.2) is 5.78 Å². The number of fused-ring (bicyclic) bond motifs is 1. The van der Waals surface area contributed by atoms with Crippen molar-refractivity contribution >= 4 is 16.7 Å². The summed E-state index contributed by atoms with van der Waals surface area (Å²) in [4.78, 5) is 17.1. The maximum Gasteiger partial charge on any atom is 0.186 e. The van der Waals surface area contributed by atoms with Crippen LogP contribution in [0.1, 0.15) is 52.9 Å². The number of hydrogen-bond donors (Lipinski definition) is 2. The molecule has 0 fully saturated rings. The Kier molecular flexibility index (Phi) is 6.72. The Labute approximate surface area is 189 Å². The number of nitrogens with one attached hydrogen (secondary N) is 2. The molecule has 1 heterocycles. The lowest BCUT2D eigenvalue weighted by molar-refractivity contribution is 0.0945. The van der Waals surface area contributed by atoms with E-state index in [1.165, 1.54) is 11.1 Å². The van der Waals surface area contributed by atoms with Crippen molar-refractivity contribution in [3.05, 3.63) is 101 Å². The monoisotopic (exact) mass is 426 g/mol. The van der Waals surface area contributed by atoms with Crippen LogP contribution in [0.15, 0.2) is 79.0 Å². The van der Waals surface area contributed by atoms with E-state index in [4.69, 9.17) is 4.74 Å². The van der Waals surface area contributed by atoms with Gasteiger partial charge in [-0.3, -0.25) is 4.79 Å². The number of methoxy groups -OCH3 is 1. The summed E-state index contributed by atoms with van der Waals surface area (Å²) < 4.78 is 5.24. The molecule has 0 saturated heterocycles. The Hall–Kier alpha value is -3.37. The van der Waals surface area contributed by atoms with E-state index in [1.807, 2.05) is 60.8 Å². The van der Waals surface area contributed by atoms with Gasteiger partial charge in [0.2, 0.25) is 0 Å². The number of ketones is 1. The molecular formula is C28H30N2O2. The zero-order chi connectivity index (χ0) is 22.5. The first-order chi connectivity index (χ1) is 15.6. The molecule has 0 aliphatic rings. The van der Waals surface area contributed by atoms with Crippen LogP contribution in [0, 0.1) is 0 Å². The lowest BCUT2D eigenvalue weighted by Crippen LogP contribution is -2.30. The van der Waals surface area contributed by atoms with Crippen molar-refractivity contribution in [3.8, 4) is 5.75 Å². The third-order valence-corrected chi connectivity index (χ3v) is 5.95. The Morgan fingerprint density at radius 2 is 1.72 bits per heavy atom. The number of carbonyl (C=O) groups excluding carboxylic acids is 1. The molecule has 1 aromatic heterocycles. The molecule has 4 aromatic rings. The molecular weight excluding hydrogens is 396 g/mol. The Balaban J connectivity index is 1.58. The Bertz CT molecular complexity index is 1180. The molecule has 0 unspecified atom stereocenters. The van der Waals surface area contributed by atoms with E-state index >= 15 is 0 Å². The molecule has 4 nitrogen and oxygen atoms in total. The predicted octanol–water partition coefficient (Wildman–Crippen LogP) is 6.06. The highest BCUT2D eigenvalue weighted by molar-refractivity contribution is 6.11. The zero-order valence-electron chi connectivity index (χ0n) is 18.9. The normalized spacial score (nSPS) is 12.2. The first-order valence-corrected chi connectivity index (χ1v) is 11.1. The van der Waals surface area contributed by atoms with Crippen LogP contribution in [-0.4, -0.2) is 24.4 Å². The number of benzene rings is 3. The summed E-state index contributed by atoms with van der Waals surface area (Å²) in [5, 5.41) is 4.49. The minimum atomic E-state index is -0.406. The molecule has 3 aromatic carbocycles. The highest BCUT2D eigenvalue weighted by Crippen LogP contribution is 2.29. The molecule has 4 rings (SSSR count). The van der Waals surface area contributed by atoms with Crippen LogP contribution in [0.5, 0.6) is 5.75 Å².